The average Bonchev–Trinajstić information content (AvgIpc) is 3.07. The first kappa shape index (κ1) is 22.2. The predicted molar refractivity (Wildman–Crippen MR) is 109 cm³/mol. The maximum absolute atomic E-state index is 12.9. The summed E-state index contributed by atoms with van der Waals surface area (Å²) in [5.74, 6) is -1.57. The van der Waals surface area contributed by atoms with Crippen molar-refractivity contribution in [1.29, 1.82) is 0 Å². The van der Waals surface area contributed by atoms with Gasteiger partial charge in [0.05, 0.1) is 17.9 Å². The van der Waals surface area contributed by atoms with Gasteiger partial charge in [-0.1, -0.05) is 31.6 Å². The summed E-state index contributed by atoms with van der Waals surface area (Å²) in [5, 5.41) is 0. The van der Waals surface area contributed by atoms with Crippen molar-refractivity contribution in [3.63, 3.8) is 0 Å². The van der Waals surface area contributed by atoms with Crippen molar-refractivity contribution >= 4 is 6.08 Å². The van der Waals surface area contributed by atoms with Gasteiger partial charge in [-0.05, 0) is 64.2 Å². The van der Waals surface area contributed by atoms with Crippen LogP contribution in [-0.2, 0) is 17.6 Å². The highest BCUT2D eigenvalue weighted by atomic mass is 19.2. The van der Waals surface area contributed by atoms with Crippen LogP contribution in [0.3, 0.4) is 0 Å². The van der Waals surface area contributed by atoms with Gasteiger partial charge >= 0.3 is 0 Å². The van der Waals surface area contributed by atoms with Crippen molar-refractivity contribution in [2.75, 3.05) is 0 Å². The van der Waals surface area contributed by atoms with Gasteiger partial charge in [-0.25, -0.2) is 18.7 Å². The molecular weight excluding hydrogens is 358 g/mol. The number of aromatic nitrogens is 2. The van der Waals surface area contributed by atoms with Gasteiger partial charge in [-0.15, -0.1) is 0 Å². The molecule has 2 aromatic rings. The normalized spacial score (nSPS) is 18.9. The Labute approximate surface area is 166 Å². The molecule has 1 saturated heterocycles. The van der Waals surface area contributed by atoms with Gasteiger partial charge in [0.15, 0.2) is 11.6 Å². The fourth-order valence-corrected chi connectivity index (χ4v) is 3.32. The largest absolute Gasteiger partial charge is 0.375 e. The molecule has 0 saturated carbocycles. The van der Waals surface area contributed by atoms with E-state index in [1.807, 2.05) is 26.8 Å². The quantitative estimate of drug-likeness (QED) is 0.645. The minimum Gasteiger partial charge on any atom is -0.375 e. The summed E-state index contributed by atoms with van der Waals surface area (Å²) in [6.45, 7) is 8.24. The van der Waals surface area contributed by atoms with Crippen molar-refractivity contribution in [3.05, 3.63) is 64.8 Å². The number of hydrogen-bond donors (Lipinski definition) is 0. The standard InChI is InChI=1S/C12H14F2O.C11H16N2/c1-8-2-4-10(15-8)6-9-3-5-11(13)12(14)7-9;1-4-6-10-9(3)12-8-13-11(10)7-5-2/h3,5,7-8,10H,2,4,6H2,1H3;4,6,8H,5,7H2,1-3H3/b;6-4-. The number of ether oxygens (including phenoxy) is 1. The maximum Gasteiger partial charge on any atom is 0.159 e. The van der Waals surface area contributed by atoms with E-state index in [9.17, 15) is 8.78 Å². The van der Waals surface area contributed by atoms with E-state index in [1.54, 1.807) is 12.4 Å². The summed E-state index contributed by atoms with van der Waals surface area (Å²) in [4.78, 5) is 8.46. The molecular formula is C23H30F2N2O. The monoisotopic (exact) mass is 388 g/mol. The molecule has 0 spiro atoms. The lowest BCUT2D eigenvalue weighted by molar-refractivity contribution is 0.0563. The maximum atomic E-state index is 12.9. The molecule has 1 aliphatic heterocycles. The van der Waals surface area contributed by atoms with E-state index in [1.165, 1.54) is 17.7 Å². The van der Waals surface area contributed by atoms with E-state index in [0.717, 1.165) is 42.6 Å². The first-order valence-corrected chi connectivity index (χ1v) is 9.97. The molecule has 2 unspecified atom stereocenters. The zero-order chi connectivity index (χ0) is 20.5. The second-order valence-corrected chi connectivity index (χ2v) is 7.17. The Morgan fingerprint density at radius 2 is 1.96 bits per heavy atom. The Hall–Kier alpha value is -2.14. The molecule has 3 nitrogen and oxygen atoms in total. The van der Waals surface area contributed by atoms with Crippen LogP contribution < -0.4 is 0 Å². The second kappa shape index (κ2) is 11.0. The van der Waals surface area contributed by atoms with Crippen molar-refractivity contribution in [2.45, 2.75) is 72.0 Å². The molecule has 0 aliphatic carbocycles. The second-order valence-electron chi connectivity index (χ2n) is 7.17. The van der Waals surface area contributed by atoms with E-state index in [2.05, 4.69) is 23.0 Å². The molecule has 0 N–H and O–H groups in total. The minimum atomic E-state index is -0.792. The first-order valence-electron chi connectivity index (χ1n) is 9.97. The van der Waals surface area contributed by atoms with E-state index in [-0.39, 0.29) is 6.10 Å². The van der Waals surface area contributed by atoms with Gasteiger partial charge in [0.2, 0.25) is 0 Å². The Morgan fingerprint density at radius 3 is 2.57 bits per heavy atom. The molecule has 152 valence electrons. The lowest BCUT2D eigenvalue weighted by atomic mass is 10.1. The SMILES string of the molecule is C/C=C\c1c(C)ncnc1CCC.CC1CCC(Cc2ccc(F)c(F)c2)O1. The van der Waals surface area contributed by atoms with Crippen molar-refractivity contribution in [3.8, 4) is 0 Å². The third-order valence-corrected chi connectivity index (χ3v) is 4.75. The summed E-state index contributed by atoms with van der Waals surface area (Å²) < 4.78 is 31.2. The van der Waals surface area contributed by atoms with Gasteiger partial charge in [-0.2, -0.15) is 0 Å². The number of nitrogens with zero attached hydrogens (tertiary/aromatic N) is 2. The number of aryl methyl sites for hydroxylation is 2. The molecule has 0 radical (unpaired) electrons. The number of halogens is 2. The molecule has 1 aromatic carbocycles. The zero-order valence-corrected chi connectivity index (χ0v) is 17.2. The fourth-order valence-electron chi connectivity index (χ4n) is 3.32. The summed E-state index contributed by atoms with van der Waals surface area (Å²) in [6, 6.07) is 4.04. The summed E-state index contributed by atoms with van der Waals surface area (Å²) in [7, 11) is 0. The highest BCUT2D eigenvalue weighted by Gasteiger charge is 2.22. The average molecular weight is 389 g/mol. The Kier molecular flexibility index (Phi) is 8.71. The number of hydrogen-bond acceptors (Lipinski definition) is 3. The zero-order valence-electron chi connectivity index (χ0n) is 17.2. The van der Waals surface area contributed by atoms with Crippen LogP contribution >= 0.6 is 0 Å². The van der Waals surface area contributed by atoms with Gasteiger partial charge in [0, 0.05) is 11.3 Å². The van der Waals surface area contributed by atoms with Crippen LogP contribution in [-0.4, -0.2) is 22.2 Å². The summed E-state index contributed by atoms with van der Waals surface area (Å²) in [6.07, 6.45) is 11.1. The number of benzene rings is 1. The Balaban J connectivity index is 0.000000203. The van der Waals surface area contributed by atoms with Crippen LogP contribution in [0.2, 0.25) is 0 Å². The molecule has 1 aliphatic rings. The number of rotatable bonds is 5. The Morgan fingerprint density at radius 1 is 1.18 bits per heavy atom. The lowest BCUT2D eigenvalue weighted by Gasteiger charge is -2.10. The molecule has 2 heterocycles. The first-order chi connectivity index (χ1) is 13.4. The van der Waals surface area contributed by atoms with Crippen LogP contribution in [0.25, 0.3) is 6.08 Å². The molecule has 2 atom stereocenters. The smallest absolute Gasteiger partial charge is 0.159 e. The van der Waals surface area contributed by atoms with E-state index in [0.29, 0.717) is 12.5 Å². The molecule has 3 rings (SSSR count). The van der Waals surface area contributed by atoms with Crippen molar-refractivity contribution in [1.82, 2.24) is 9.97 Å². The third-order valence-electron chi connectivity index (χ3n) is 4.75. The molecule has 5 heteroatoms. The van der Waals surface area contributed by atoms with Crippen LogP contribution in [0.4, 0.5) is 8.78 Å². The van der Waals surface area contributed by atoms with E-state index in [4.69, 9.17) is 4.74 Å². The fraction of sp³-hybridized carbons (Fsp3) is 0.478. The highest BCUT2D eigenvalue weighted by Crippen LogP contribution is 2.23. The topological polar surface area (TPSA) is 35.0 Å². The van der Waals surface area contributed by atoms with Gasteiger partial charge in [0.1, 0.15) is 6.33 Å². The predicted octanol–water partition coefficient (Wildman–Crippen LogP) is 5.85. The molecule has 28 heavy (non-hydrogen) atoms. The molecule has 0 amide bonds. The van der Waals surface area contributed by atoms with E-state index < -0.39 is 11.6 Å². The van der Waals surface area contributed by atoms with Crippen LogP contribution in [0.5, 0.6) is 0 Å². The van der Waals surface area contributed by atoms with Gasteiger partial charge in [-0.3, -0.25) is 0 Å². The Bertz CT molecular complexity index is 792. The summed E-state index contributed by atoms with van der Waals surface area (Å²) in [5.41, 5.74) is 4.21. The minimum absolute atomic E-state index is 0.157. The molecule has 1 aromatic heterocycles. The van der Waals surface area contributed by atoms with Crippen LogP contribution in [0, 0.1) is 18.6 Å². The van der Waals surface area contributed by atoms with Gasteiger partial charge < -0.3 is 4.74 Å². The molecule has 0 bridgehead atoms. The number of allylic oxidation sites excluding steroid dienone is 1. The van der Waals surface area contributed by atoms with Gasteiger partial charge in [0.25, 0.3) is 0 Å². The molecule has 1 fully saturated rings. The third kappa shape index (κ3) is 6.48. The summed E-state index contributed by atoms with van der Waals surface area (Å²) >= 11 is 0. The lowest BCUT2D eigenvalue weighted by Crippen LogP contribution is -2.11. The van der Waals surface area contributed by atoms with E-state index >= 15 is 0 Å². The van der Waals surface area contributed by atoms with Crippen LogP contribution in [0.15, 0.2) is 30.6 Å². The van der Waals surface area contributed by atoms with Crippen molar-refractivity contribution in [2.24, 2.45) is 0 Å². The van der Waals surface area contributed by atoms with Crippen LogP contribution in [0.1, 0.15) is 62.5 Å². The van der Waals surface area contributed by atoms with Crippen molar-refractivity contribution < 1.29 is 13.5 Å². The highest BCUT2D eigenvalue weighted by molar-refractivity contribution is 5.53.